The van der Waals surface area contributed by atoms with Crippen molar-refractivity contribution in [3.63, 3.8) is 0 Å². The van der Waals surface area contributed by atoms with Crippen molar-refractivity contribution in [2.75, 3.05) is 19.6 Å². The lowest BCUT2D eigenvalue weighted by atomic mass is 10.0. The van der Waals surface area contributed by atoms with Gasteiger partial charge in [0.15, 0.2) is 0 Å². The minimum atomic E-state index is -0.194. The molecule has 3 aromatic carbocycles. The summed E-state index contributed by atoms with van der Waals surface area (Å²) in [5, 5.41) is 8.73. The third-order valence-electron chi connectivity index (χ3n) is 5.03. The van der Waals surface area contributed by atoms with Crippen LogP contribution in [0.3, 0.4) is 0 Å². The Labute approximate surface area is 183 Å². The van der Waals surface area contributed by atoms with Gasteiger partial charge in [-0.05, 0) is 42.0 Å². The second-order valence-electron chi connectivity index (χ2n) is 7.32. The molecule has 5 nitrogen and oxygen atoms in total. The van der Waals surface area contributed by atoms with Crippen molar-refractivity contribution < 1.29 is 9.59 Å². The number of nitrogens with one attached hydrogen (secondary N) is 3. The highest BCUT2D eigenvalue weighted by atomic mass is 16.2. The molecule has 5 heteroatoms. The zero-order valence-corrected chi connectivity index (χ0v) is 17.6. The third-order valence-corrected chi connectivity index (χ3v) is 5.03. The molecule has 31 heavy (non-hydrogen) atoms. The lowest BCUT2D eigenvalue weighted by molar-refractivity contribution is 0.0953. The summed E-state index contributed by atoms with van der Waals surface area (Å²) < 4.78 is 0. The second-order valence-corrected chi connectivity index (χ2v) is 7.32. The van der Waals surface area contributed by atoms with Crippen molar-refractivity contribution in [1.29, 1.82) is 0 Å². The minimum Gasteiger partial charge on any atom is -0.352 e. The Balaban J connectivity index is 1.40. The van der Waals surface area contributed by atoms with E-state index in [2.05, 4.69) is 28.1 Å². The molecule has 3 N–H and O–H groups in total. The zero-order chi connectivity index (χ0) is 21.7. The zero-order valence-electron chi connectivity index (χ0n) is 17.6. The van der Waals surface area contributed by atoms with Gasteiger partial charge in [0.05, 0.1) is 0 Å². The van der Waals surface area contributed by atoms with E-state index in [0.29, 0.717) is 31.6 Å². The number of benzene rings is 3. The summed E-state index contributed by atoms with van der Waals surface area (Å²) in [6.45, 7) is 1.63. The van der Waals surface area contributed by atoms with Crippen molar-refractivity contribution in [1.82, 2.24) is 16.0 Å². The normalized spacial score (nSPS) is 10.3. The summed E-state index contributed by atoms with van der Waals surface area (Å²) in [4.78, 5) is 24.6. The van der Waals surface area contributed by atoms with Crippen LogP contribution in [-0.2, 0) is 19.3 Å². The van der Waals surface area contributed by atoms with Crippen LogP contribution in [0, 0.1) is 0 Å². The van der Waals surface area contributed by atoms with Crippen LogP contribution in [-0.4, -0.2) is 31.6 Å². The Bertz CT molecular complexity index is 959. The first-order valence-corrected chi connectivity index (χ1v) is 10.7. The van der Waals surface area contributed by atoms with E-state index in [4.69, 9.17) is 0 Å². The maximum Gasteiger partial charge on any atom is 0.314 e. The fourth-order valence-electron chi connectivity index (χ4n) is 3.36. The van der Waals surface area contributed by atoms with Gasteiger partial charge in [0.2, 0.25) is 0 Å². The van der Waals surface area contributed by atoms with Crippen LogP contribution in [0.4, 0.5) is 4.79 Å². The number of carbonyl (C=O) groups is 2. The third kappa shape index (κ3) is 7.63. The molecule has 3 amide bonds. The molecule has 0 bridgehead atoms. The molecule has 0 saturated carbocycles. The summed E-state index contributed by atoms with van der Waals surface area (Å²) in [5.74, 6) is -0.0844. The van der Waals surface area contributed by atoms with Crippen molar-refractivity contribution in [3.05, 3.63) is 107 Å². The molecule has 0 fully saturated rings. The van der Waals surface area contributed by atoms with Crippen LogP contribution >= 0.6 is 0 Å². The number of hydrogen-bond donors (Lipinski definition) is 3. The topological polar surface area (TPSA) is 70.2 Å². The van der Waals surface area contributed by atoms with Gasteiger partial charge >= 0.3 is 6.03 Å². The SMILES string of the molecule is O=C(NCCc1ccccc1)NCCc1ccccc1C(=O)NCCc1ccccc1. The summed E-state index contributed by atoms with van der Waals surface area (Å²) in [5.41, 5.74) is 3.96. The van der Waals surface area contributed by atoms with E-state index in [1.54, 1.807) is 0 Å². The predicted molar refractivity (Wildman–Crippen MR) is 124 cm³/mol. The van der Waals surface area contributed by atoms with Gasteiger partial charge in [0.1, 0.15) is 0 Å². The minimum absolute atomic E-state index is 0.0844. The molecule has 0 aromatic heterocycles. The van der Waals surface area contributed by atoms with Crippen LogP contribution in [0.5, 0.6) is 0 Å². The summed E-state index contributed by atoms with van der Waals surface area (Å²) in [6.07, 6.45) is 2.17. The fourth-order valence-corrected chi connectivity index (χ4v) is 3.36. The Hall–Kier alpha value is -3.60. The molecular weight excluding hydrogens is 386 g/mol. The maximum atomic E-state index is 12.6. The van der Waals surface area contributed by atoms with Crippen molar-refractivity contribution in [2.24, 2.45) is 0 Å². The van der Waals surface area contributed by atoms with E-state index >= 15 is 0 Å². The van der Waals surface area contributed by atoms with Gasteiger partial charge in [0, 0.05) is 25.2 Å². The first-order valence-electron chi connectivity index (χ1n) is 10.7. The fraction of sp³-hybridized carbons (Fsp3) is 0.231. The molecule has 0 aliphatic heterocycles. The highest BCUT2D eigenvalue weighted by Gasteiger charge is 2.10. The van der Waals surface area contributed by atoms with Gasteiger partial charge in [-0.2, -0.15) is 0 Å². The Morgan fingerprint density at radius 1 is 0.548 bits per heavy atom. The van der Waals surface area contributed by atoms with Gasteiger partial charge in [-0.15, -0.1) is 0 Å². The standard InChI is InChI=1S/C26H29N3O2/c30-25(27-18-15-21-9-3-1-4-10-21)24-14-8-7-13-23(24)17-20-29-26(31)28-19-16-22-11-5-2-6-12-22/h1-14H,15-20H2,(H,27,30)(H2,28,29,31). The van der Waals surface area contributed by atoms with Gasteiger partial charge in [-0.1, -0.05) is 78.9 Å². The predicted octanol–water partition coefficient (Wildman–Crippen LogP) is 3.74. The van der Waals surface area contributed by atoms with E-state index < -0.39 is 0 Å². The van der Waals surface area contributed by atoms with E-state index in [1.165, 1.54) is 11.1 Å². The first-order chi connectivity index (χ1) is 15.2. The number of rotatable bonds is 10. The number of amides is 3. The number of urea groups is 1. The average molecular weight is 416 g/mol. The van der Waals surface area contributed by atoms with Crippen molar-refractivity contribution in [3.8, 4) is 0 Å². The molecule has 0 saturated heterocycles. The van der Waals surface area contributed by atoms with Crippen molar-refractivity contribution >= 4 is 11.9 Å². The monoisotopic (exact) mass is 415 g/mol. The molecule has 0 aliphatic rings. The van der Waals surface area contributed by atoms with Crippen LogP contribution in [0.25, 0.3) is 0 Å². The van der Waals surface area contributed by atoms with Gasteiger partial charge in [0.25, 0.3) is 5.91 Å². The lowest BCUT2D eigenvalue weighted by Crippen LogP contribution is -2.37. The highest BCUT2D eigenvalue weighted by molar-refractivity contribution is 5.95. The Morgan fingerprint density at radius 3 is 1.65 bits per heavy atom. The summed E-state index contributed by atoms with van der Waals surface area (Å²) in [6, 6.07) is 27.5. The molecule has 160 valence electrons. The van der Waals surface area contributed by atoms with Gasteiger partial charge in [-0.25, -0.2) is 4.79 Å². The van der Waals surface area contributed by atoms with Crippen LogP contribution in [0.15, 0.2) is 84.9 Å². The van der Waals surface area contributed by atoms with E-state index in [-0.39, 0.29) is 11.9 Å². The molecule has 0 aliphatic carbocycles. The average Bonchev–Trinajstić information content (AvgIpc) is 2.81. The van der Waals surface area contributed by atoms with E-state index in [0.717, 1.165) is 18.4 Å². The molecule has 3 rings (SSSR count). The molecule has 0 spiro atoms. The lowest BCUT2D eigenvalue weighted by Gasteiger charge is -2.11. The summed E-state index contributed by atoms with van der Waals surface area (Å²) >= 11 is 0. The van der Waals surface area contributed by atoms with Gasteiger partial charge < -0.3 is 16.0 Å². The van der Waals surface area contributed by atoms with E-state index in [9.17, 15) is 9.59 Å². The second kappa shape index (κ2) is 12.2. The first kappa shape index (κ1) is 22.1. The molecule has 0 atom stereocenters. The van der Waals surface area contributed by atoms with Gasteiger partial charge in [-0.3, -0.25) is 4.79 Å². The summed E-state index contributed by atoms with van der Waals surface area (Å²) in [7, 11) is 0. The van der Waals surface area contributed by atoms with Crippen molar-refractivity contribution in [2.45, 2.75) is 19.3 Å². The molecular formula is C26H29N3O2. The maximum absolute atomic E-state index is 12.6. The molecule has 0 unspecified atom stereocenters. The van der Waals surface area contributed by atoms with E-state index in [1.807, 2.05) is 72.8 Å². The Morgan fingerprint density at radius 2 is 1.03 bits per heavy atom. The number of carbonyl (C=O) groups excluding carboxylic acids is 2. The van der Waals surface area contributed by atoms with Crippen LogP contribution < -0.4 is 16.0 Å². The molecule has 3 aromatic rings. The smallest absolute Gasteiger partial charge is 0.314 e. The number of hydrogen-bond acceptors (Lipinski definition) is 2. The van der Waals surface area contributed by atoms with Crippen LogP contribution in [0.2, 0.25) is 0 Å². The molecule has 0 radical (unpaired) electrons. The Kier molecular flexibility index (Phi) is 8.68. The highest BCUT2D eigenvalue weighted by Crippen LogP contribution is 2.09. The molecule has 0 heterocycles. The largest absolute Gasteiger partial charge is 0.352 e. The quantitative estimate of drug-likeness (QED) is 0.472. The van der Waals surface area contributed by atoms with Crippen LogP contribution in [0.1, 0.15) is 27.0 Å².